The van der Waals surface area contributed by atoms with Crippen molar-refractivity contribution in [2.45, 2.75) is 47.1 Å². The van der Waals surface area contributed by atoms with Crippen LogP contribution in [0.4, 0.5) is 5.82 Å². The summed E-state index contributed by atoms with van der Waals surface area (Å²) in [6, 6.07) is 3.89. The third-order valence-electron chi connectivity index (χ3n) is 3.65. The SMILES string of the molecule is CC1CCN(c2ncccc2COC(=O)CC(C)(C)C)C1. The monoisotopic (exact) mass is 290 g/mol. The van der Waals surface area contributed by atoms with Crippen LogP contribution in [0, 0.1) is 11.3 Å². The zero-order valence-corrected chi connectivity index (χ0v) is 13.6. The molecule has 1 aliphatic rings. The summed E-state index contributed by atoms with van der Waals surface area (Å²) in [5.74, 6) is 1.51. The third kappa shape index (κ3) is 4.73. The van der Waals surface area contributed by atoms with Gasteiger partial charge in [-0.05, 0) is 23.8 Å². The summed E-state index contributed by atoms with van der Waals surface area (Å²) in [6.07, 6.45) is 3.43. The summed E-state index contributed by atoms with van der Waals surface area (Å²) < 4.78 is 5.43. The molecule has 0 N–H and O–H groups in total. The average molecular weight is 290 g/mol. The van der Waals surface area contributed by atoms with Gasteiger partial charge in [-0.3, -0.25) is 4.79 Å². The van der Waals surface area contributed by atoms with Crippen LogP contribution in [0.2, 0.25) is 0 Å². The number of hydrogen-bond donors (Lipinski definition) is 0. The quantitative estimate of drug-likeness (QED) is 0.797. The van der Waals surface area contributed by atoms with Crippen LogP contribution < -0.4 is 4.90 Å². The molecule has 1 aromatic rings. The number of ether oxygens (including phenoxy) is 1. The van der Waals surface area contributed by atoms with Crippen LogP contribution in [0.1, 0.15) is 46.1 Å². The number of anilines is 1. The van der Waals surface area contributed by atoms with Gasteiger partial charge in [-0.25, -0.2) is 4.98 Å². The first-order valence-electron chi connectivity index (χ1n) is 7.69. The van der Waals surface area contributed by atoms with E-state index in [4.69, 9.17) is 4.74 Å². The van der Waals surface area contributed by atoms with E-state index in [2.05, 4.69) is 16.8 Å². The molecule has 0 saturated carbocycles. The summed E-state index contributed by atoms with van der Waals surface area (Å²) in [6.45, 7) is 10.7. The van der Waals surface area contributed by atoms with E-state index < -0.39 is 0 Å². The number of pyridine rings is 1. The lowest BCUT2D eigenvalue weighted by atomic mass is 9.92. The van der Waals surface area contributed by atoms with Gasteiger partial charge in [-0.15, -0.1) is 0 Å². The van der Waals surface area contributed by atoms with Crippen molar-refractivity contribution >= 4 is 11.8 Å². The maximum Gasteiger partial charge on any atom is 0.306 e. The van der Waals surface area contributed by atoms with Gasteiger partial charge in [0.2, 0.25) is 0 Å². The Balaban J connectivity index is 1.99. The molecule has 1 atom stereocenters. The van der Waals surface area contributed by atoms with E-state index in [1.807, 2.05) is 32.9 Å². The molecular weight excluding hydrogens is 264 g/mol. The van der Waals surface area contributed by atoms with Gasteiger partial charge in [0.15, 0.2) is 0 Å². The molecule has 4 nitrogen and oxygen atoms in total. The maximum absolute atomic E-state index is 11.9. The molecule has 1 aliphatic heterocycles. The molecule has 0 amide bonds. The molecule has 21 heavy (non-hydrogen) atoms. The zero-order valence-electron chi connectivity index (χ0n) is 13.6. The van der Waals surface area contributed by atoms with Gasteiger partial charge in [-0.2, -0.15) is 0 Å². The van der Waals surface area contributed by atoms with Crippen LogP contribution >= 0.6 is 0 Å². The molecule has 4 heteroatoms. The van der Waals surface area contributed by atoms with E-state index in [9.17, 15) is 4.79 Å². The van der Waals surface area contributed by atoms with E-state index in [0.29, 0.717) is 18.9 Å². The Kier molecular flexibility index (Phi) is 4.86. The molecular formula is C17H26N2O2. The fraction of sp³-hybridized carbons (Fsp3) is 0.647. The van der Waals surface area contributed by atoms with Gasteiger partial charge >= 0.3 is 5.97 Å². The Labute approximate surface area is 127 Å². The van der Waals surface area contributed by atoms with Crippen LogP contribution in [-0.2, 0) is 16.1 Å². The standard InChI is InChI=1S/C17H26N2O2/c1-13-7-9-19(11-13)16-14(6-5-8-18-16)12-21-15(20)10-17(2,3)4/h5-6,8,13H,7,9-12H2,1-4H3. The maximum atomic E-state index is 11.9. The summed E-state index contributed by atoms with van der Waals surface area (Å²) >= 11 is 0. The predicted molar refractivity (Wildman–Crippen MR) is 84.1 cm³/mol. The molecule has 0 spiro atoms. The summed E-state index contributed by atoms with van der Waals surface area (Å²) in [4.78, 5) is 18.6. The first-order valence-corrected chi connectivity index (χ1v) is 7.69. The number of esters is 1. The lowest BCUT2D eigenvalue weighted by Gasteiger charge is -2.21. The second kappa shape index (κ2) is 6.46. The molecule has 116 valence electrons. The highest BCUT2D eigenvalue weighted by Crippen LogP contribution is 2.26. The Morgan fingerprint density at radius 2 is 2.24 bits per heavy atom. The second-order valence-electron chi connectivity index (χ2n) is 7.22. The molecule has 2 rings (SSSR count). The third-order valence-corrected chi connectivity index (χ3v) is 3.65. The number of carbonyl (C=O) groups excluding carboxylic acids is 1. The highest BCUT2D eigenvalue weighted by molar-refractivity contribution is 5.70. The molecule has 0 aromatic carbocycles. The molecule has 0 aliphatic carbocycles. The van der Waals surface area contributed by atoms with E-state index in [1.54, 1.807) is 6.20 Å². The Morgan fingerprint density at radius 3 is 2.86 bits per heavy atom. The summed E-state index contributed by atoms with van der Waals surface area (Å²) in [7, 11) is 0. The van der Waals surface area contributed by atoms with Crippen LogP contribution in [0.5, 0.6) is 0 Å². The van der Waals surface area contributed by atoms with Crippen molar-refractivity contribution in [2.75, 3.05) is 18.0 Å². The minimum absolute atomic E-state index is 0.0424. The smallest absolute Gasteiger partial charge is 0.306 e. The second-order valence-corrected chi connectivity index (χ2v) is 7.22. The van der Waals surface area contributed by atoms with Crippen molar-refractivity contribution in [3.8, 4) is 0 Å². The van der Waals surface area contributed by atoms with Gasteiger partial charge in [0.05, 0.1) is 6.42 Å². The number of hydrogen-bond acceptors (Lipinski definition) is 4. The topological polar surface area (TPSA) is 42.4 Å². The minimum atomic E-state index is -0.146. The van der Waals surface area contributed by atoms with Gasteiger partial charge in [0.1, 0.15) is 12.4 Å². The lowest BCUT2D eigenvalue weighted by molar-refractivity contribution is -0.147. The largest absolute Gasteiger partial charge is 0.461 e. The molecule has 0 bridgehead atoms. The zero-order chi connectivity index (χ0) is 15.5. The Hall–Kier alpha value is -1.58. The van der Waals surface area contributed by atoms with Gasteiger partial charge in [0, 0.05) is 24.8 Å². The average Bonchev–Trinajstić information content (AvgIpc) is 2.81. The van der Waals surface area contributed by atoms with Crippen molar-refractivity contribution in [3.63, 3.8) is 0 Å². The molecule has 1 fully saturated rings. The fourth-order valence-electron chi connectivity index (χ4n) is 2.60. The van der Waals surface area contributed by atoms with Crippen LogP contribution in [0.25, 0.3) is 0 Å². The fourth-order valence-corrected chi connectivity index (χ4v) is 2.60. The Morgan fingerprint density at radius 1 is 1.48 bits per heavy atom. The van der Waals surface area contributed by atoms with Crippen molar-refractivity contribution in [2.24, 2.45) is 11.3 Å². The van der Waals surface area contributed by atoms with E-state index >= 15 is 0 Å². The van der Waals surface area contributed by atoms with Crippen molar-refractivity contribution in [1.82, 2.24) is 4.98 Å². The normalized spacial score (nSPS) is 18.9. The van der Waals surface area contributed by atoms with Gasteiger partial charge in [-0.1, -0.05) is 33.8 Å². The van der Waals surface area contributed by atoms with Crippen molar-refractivity contribution in [3.05, 3.63) is 23.9 Å². The van der Waals surface area contributed by atoms with Gasteiger partial charge in [0.25, 0.3) is 0 Å². The number of rotatable bonds is 4. The van der Waals surface area contributed by atoms with E-state index in [0.717, 1.165) is 24.5 Å². The molecule has 1 aromatic heterocycles. The molecule has 1 saturated heterocycles. The molecule has 1 unspecified atom stereocenters. The van der Waals surface area contributed by atoms with Crippen molar-refractivity contribution < 1.29 is 9.53 Å². The van der Waals surface area contributed by atoms with Crippen LogP contribution in [-0.4, -0.2) is 24.0 Å². The highest BCUT2D eigenvalue weighted by atomic mass is 16.5. The molecule has 2 heterocycles. The van der Waals surface area contributed by atoms with E-state index in [1.165, 1.54) is 6.42 Å². The first kappa shape index (κ1) is 15.8. The number of nitrogens with zero attached hydrogens (tertiary/aromatic N) is 2. The summed E-state index contributed by atoms with van der Waals surface area (Å²) in [5, 5.41) is 0. The minimum Gasteiger partial charge on any atom is -0.461 e. The highest BCUT2D eigenvalue weighted by Gasteiger charge is 2.23. The van der Waals surface area contributed by atoms with Crippen LogP contribution in [0.15, 0.2) is 18.3 Å². The Bertz CT molecular complexity index is 494. The van der Waals surface area contributed by atoms with Gasteiger partial charge < -0.3 is 9.64 Å². The lowest BCUT2D eigenvalue weighted by Crippen LogP contribution is -2.22. The number of aromatic nitrogens is 1. The molecule has 0 radical (unpaired) electrons. The first-order chi connectivity index (χ1) is 9.85. The van der Waals surface area contributed by atoms with Crippen molar-refractivity contribution in [1.29, 1.82) is 0 Å². The number of carbonyl (C=O) groups is 1. The van der Waals surface area contributed by atoms with Crippen LogP contribution in [0.3, 0.4) is 0 Å². The predicted octanol–water partition coefficient (Wildman–Crippen LogP) is 3.41. The van der Waals surface area contributed by atoms with E-state index in [-0.39, 0.29) is 11.4 Å². The summed E-state index contributed by atoms with van der Waals surface area (Å²) in [5.41, 5.74) is 0.952.